The normalized spacial score (nSPS) is 12.6. The summed E-state index contributed by atoms with van der Waals surface area (Å²) in [6.07, 6.45) is 3.13. The SMILES string of the molecule is CC(C(=O)O)c1ccc(-n2cc(Cl)cn2)c(Cl)c1.CC(N)c1ccccc1. The topological polar surface area (TPSA) is 81.1 Å². The molecular weight excluding hydrogens is 385 g/mol. The van der Waals surface area contributed by atoms with Crippen LogP contribution in [0.15, 0.2) is 60.9 Å². The van der Waals surface area contributed by atoms with Gasteiger partial charge in [0.05, 0.1) is 27.8 Å². The number of benzene rings is 2. The average molecular weight is 406 g/mol. The molecule has 3 rings (SSSR count). The van der Waals surface area contributed by atoms with Gasteiger partial charge in [0.2, 0.25) is 0 Å². The second-order valence-corrected chi connectivity index (χ2v) is 6.92. The lowest BCUT2D eigenvalue weighted by Gasteiger charge is -2.10. The Morgan fingerprint density at radius 2 is 1.78 bits per heavy atom. The van der Waals surface area contributed by atoms with E-state index in [1.54, 1.807) is 36.0 Å². The third-order valence-corrected chi connectivity index (χ3v) is 4.46. The number of hydrogen-bond acceptors (Lipinski definition) is 3. The smallest absolute Gasteiger partial charge is 0.310 e. The van der Waals surface area contributed by atoms with Gasteiger partial charge in [0.25, 0.3) is 0 Å². The Kier molecular flexibility index (Phi) is 7.42. The van der Waals surface area contributed by atoms with Crippen LogP contribution in [0, 0.1) is 0 Å². The minimum atomic E-state index is -0.888. The highest BCUT2D eigenvalue weighted by Crippen LogP contribution is 2.26. The Labute approximate surface area is 168 Å². The zero-order valence-corrected chi connectivity index (χ0v) is 16.5. The minimum absolute atomic E-state index is 0.159. The highest BCUT2D eigenvalue weighted by molar-refractivity contribution is 6.32. The van der Waals surface area contributed by atoms with Crippen molar-refractivity contribution in [3.05, 3.63) is 82.1 Å². The summed E-state index contributed by atoms with van der Waals surface area (Å²) in [6.45, 7) is 3.59. The first-order valence-corrected chi connectivity index (χ1v) is 9.08. The first-order chi connectivity index (χ1) is 12.8. The van der Waals surface area contributed by atoms with E-state index >= 15 is 0 Å². The molecule has 27 heavy (non-hydrogen) atoms. The average Bonchev–Trinajstić information content (AvgIpc) is 3.08. The number of carboxylic acid groups (broad SMARTS) is 1. The third kappa shape index (κ3) is 5.82. The first-order valence-electron chi connectivity index (χ1n) is 8.33. The van der Waals surface area contributed by atoms with Gasteiger partial charge < -0.3 is 10.8 Å². The van der Waals surface area contributed by atoms with Crippen LogP contribution in [0.5, 0.6) is 0 Å². The number of hydrogen-bond donors (Lipinski definition) is 2. The van der Waals surface area contributed by atoms with Gasteiger partial charge in [0.1, 0.15) is 0 Å². The second kappa shape index (κ2) is 9.55. The summed E-state index contributed by atoms with van der Waals surface area (Å²) in [6, 6.07) is 15.3. The highest BCUT2D eigenvalue weighted by atomic mass is 35.5. The van der Waals surface area contributed by atoms with Crippen LogP contribution < -0.4 is 5.73 Å². The zero-order chi connectivity index (χ0) is 20.0. The van der Waals surface area contributed by atoms with Crippen molar-refractivity contribution < 1.29 is 9.90 Å². The van der Waals surface area contributed by atoms with E-state index < -0.39 is 11.9 Å². The summed E-state index contributed by atoms with van der Waals surface area (Å²) in [5, 5.41) is 13.9. The minimum Gasteiger partial charge on any atom is -0.481 e. The fourth-order valence-corrected chi connectivity index (χ4v) is 2.72. The predicted molar refractivity (Wildman–Crippen MR) is 109 cm³/mol. The van der Waals surface area contributed by atoms with Gasteiger partial charge in [-0.3, -0.25) is 4.79 Å². The molecule has 0 aliphatic rings. The van der Waals surface area contributed by atoms with Gasteiger partial charge in [-0.25, -0.2) is 4.68 Å². The van der Waals surface area contributed by atoms with Crippen molar-refractivity contribution in [3.63, 3.8) is 0 Å². The second-order valence-electron chi connectivity index (χ2n) is 6.07. The van der Waals surface area contributed by atoms with E-state index in [4.69, 9.17) is 34.0 Å². The van der Waals surface area contributed by atoms with Crippen LogP contribution in [0.4, 0.5) is 0 Å². The number of aliphatic carboxylic acids is 1. The quantitative estimate of drug-likeness (QED) is 0.634. The fraction of sp³-hybridized carbons (Fsp3) is 0.200. The maximum absolute atomic E-state index is 10.9. The van der Waals surface area contributed by atoms with Crippen molar-refractivity contribution in [2.24, 2.45) is 5.73 Å². The maximum atomic E-state index is 10.9. The molecule has 0 aliphatic heterocycles. The molecular formula is C20H21Cl2N3O2. The summed E-state index contributed by atoms with van der Waals surface area (Å²) in [5.41, 5.74) is 8.11. The van der Waals surface area contributed by atoms with Crippen molar-refractivity contribution in [2.45, 2.75) is 25.8 Å². The number of halogens is 2. The largest absolute Gasteiger partial charge is 0.481 e. The molecule has 0 amide bonds. The van der Waals surface area contributed by atoms with Gasteiger partial charge in [0.15, 0.2) is 0 Å². The van der Waals surface area contributed by atoms with Gasteiger partial charge >= 0.3 is 5.97 Å². The highest BCUT2D eigenvalue weighted by Gasteiger charge is 2.15. The molecule has 3 N–H and O–H groups in total. The van der Waals surface area contributed by atoms with E-state index in [-0.39, 0.29) is 6.04 Å². The van der Waals surface area contributed by atoms with Gasteiger partial charge in [-0.1, -0.05) is 59.6 Å². The van der Waals surface area contributed by atoms with Crippen LogP contribution in [0.25, 0.3) is 5.69 Å². The summed E-state index contributed by atoms with van der Waals surface area (Å²) in [4.78, 5) is 10.9. The number of rotatable bonds is 4. The third-order valence-electron chi connectivity index (χ3n) is 3.97. The molecule has 7 heteroatoms. The van der Waals surface area contributed by atoms with Crippen LogP contribution in [0.1, 0.15) is 36.9 Å². The number of nitrogens with two attached hydrogens (primary N) is 1. The summed E-state index contributed by atoms with van der Waals surface area (Å²) < 4.78 is 1.54. The van der Waals surface area contributed by atoms with E-state index in [2.05, 4.69) is 5.10 Å². The van der Waals surface area contributed by atoms with E-state index in [0.29, 0.717) is 21.3 Å². The number of carboxylic acids is 1. The van der Waals surface area contributed by atoms with Crippen LogP contribution in [-0.4, -0.2) is 20.9 Å². The monoisotopic (exact) mass is 405 g/mol. The summed E-state index contributed by atoms with van der Waals surface area (Å²) in [5.74, 6) is -1.49. The van der Waals surface area contributed by atoms with Gasteiger partial charge in [-0.05, 0) is 37.1 Å². The molecule has 0 bridgehead atoms. The molecule has 3 aromatic rings. The number of carbonyl (C=O) groups is 1. The summed E-state index contributed by atoms with van der Waals surface area (Å²) in [7, 11) is 0. The van der Waals surface area contributed by atoms with E-state index in [9.17, 15) is 4.79 Å². The molecule has 2 aromatic carbocycles. The van der Waals surface area contributed by atoms with E-state index in [0.717, 1.165) is 0 Å². The zero-order valence-electron chi connectivity index (χ0n) is 15.0. The number of nitrogens with zero attached hydrogens (tertiary/aromatic N) is 2. The molecule has 0 fully saturated rings. The van der Waals surface area contributed by atoms with Crippen LogP contribution in [0.2, 0.25) is 10.0 Å². The van der Waals surface area contributed by atoms with Gasteiger partial charge in [-0.15, -0.1) is 0 Å². The standard InChI is InChI=1S/C12H10Cl2N2O2.C8H11N/c1-7(12(17)18)8-2-3-11(10(14)4-8)16-6-9(13)5-15-16;1-7(9)8-5-3-2-4-6-8/h2-7H,1H3,(H,17,18);2-7H,9H2,1H3. The molecule has 0 radical (unpaired) electrons. The molecule has 0 saturated carbocycles. The van der Waals surface area contributed by atoms with Crippen molar-refractivity contribution in [1.82, 2.24) is 9.78 Å². The van der Waals surface area contributed by atoms with Crippen molar-refractivity contribution >= 4 is 29.2 Å². The molecule has 2 unspecified atom stereocenters. The van der Waals surface area contributed by atoms with E-state index in [1.807, 2.05) is 37.3 Å². The van der Waals surface area contributed by atoms with Crippen LogP contribution in [-0.2, 0) is 4.79 Å². The summed E-state index contributed by atoms with van der Waals surface area (Å²) >= 11 is 11.9. The van der Waals surface area contributed by atoms with Crippen molar-refractivity contribution in [1.29, 1.82) is 0 Å². The van der Waals surface area contributed by atoms with Crippen LogP contribution in [0.3, 0.4) is 0 Å². The fourth-order valence-electron chi connectivity index (χ4n) is 2.31. The molecule has 0 saturated heterocycles. The Hall–Kier alpha value is -2.34. The molecule has 1 aromatic heterocycles. The lowest BCUT2D eigenvalue weighted by molar-refractivity contribution is -0.138. The molecule has 2 atom stereocenters. The van der Waals surface area contributed by atoms with E-state index in [1.165, 1.54) is 11.8 Å². The lowest BCUT2D eigenvalue weighted by Crippen LogP contribution is -2.07. The molecule has 0 aliphatic carbocycles. The molecule has 142 valence electrons. The Bertz CT molecular complexity index is 895. The first kappa shape index (κ1) is 21.0. The van der Waals surface area contributed by atoms with Crippen LogP contribution >= 0.6 is 23.2 Å². The van der Waals surface area contributed by atoms with Crippen molar-refractivity contribution in [3.8, 4) is 5.69 Å². The lowest BCUT2D eigenvalue weighted by atomic mass is 10.0. The van der Waals surface area contributed by atoms with Gasteiger partial charge in [0, 0.05) is 12.2 Å². The molecule has 5 nitrogen and oxygen atoms in total. The molecule has 1 heterocycles. The predicted octanol–water partition coefficient (Wildman–Crippen LogP) is 5.07. The Balaban J connectivity index is 0.000000244. The number of aromatic nitrogens is 2. The van der Waals surface area contributed by atoms with Crippen molar-refractivity contribution in [2.75, 3.05) is 0 Å². The molecule has 0 spiro atoms. The van der Waals surface area contributed by atoms with Gasteiger partial charge in [-0.2, -0.15) is 5.10 Å². The maximum Gasteiger partial charge on any atom is 0.310 e. The Morgan fingerprint density at radius 1 is 1.11 bits per heavy atom. The Morgan fingerprint density at radius 3 is 2.22 bits per heavy atom.